The van der Waals surface area contributed by atoms with Crippen molar-refractivity contribution in [1.82, 2.24) is 0 Å². The molecule has 0 spiro atoms. The van der Waals surface area contributed by atoms with Crippen LogP contribution < -0.4 is 0 Å². The molecule has 9 heavy (non-hydrogen) atoms. The average molecular weight is 289 g/mol. The molecule has 0 rings (SSSR count). The predicted octanol–water partition coefficient (Wildman–Crippen LogP) is 0.0514. The van der Waals surface area contributed by atoms with Gasteiger partial charge in [0.25, 0.3) is 0 Å². The molecule has 0 N–H and O–H groups in total. The molecule has 0 aromatic heterocycles. The molecule has 0 saturated carbocycles. The Morgan fingerprint density at radius 1 is 1.22 bits per heavy atom. The number of alkyl halides is 3. The van der Waals surface area contributed by atoms with Gasteiger partial charge in [-0.2, -0.15) is 13.2 Å². The third kappa shape index (κ3) is 4.48. The fraction of sp³-hybridized carbons (Fsp3) is 1.00. The predicted molar refractivity (Wildman–Crippen MR) is 15.8 cm³/mol. The van der Waals surface area contributed by atoms with Crippen molar-refractivity contribution in [2.45, 2.75) is 5.51 Å². The van der Waals surface area contributed by atoms with E-state index in [0.717, 1.165) is 0 Å². The van der Waals surface area contributed by atoms with Gasteiger partial charge in [0.1, 0.15) is 0 Å². The van der Waals surface area contributed by atoms with Crippen molar-refractivity contribution in [2.24, 2.45) is 0 Å². The summed E-state index contributed by atoms with van der Waals surface area (Å²) >= 11 is 0. The summed E-state index contributed by atoms with van der Waals surface area (Å²) in [4.78, 5) is 0. The van der Waals surface area contributed by atoms with Gasteiger partial charge in [-0.1, -0.05) is 0 Å². The number of hydrogen-bond donors (Lipinski definition) is 0. The third-order valence-corrected chi connectivity index (χ3v) is 0.850. The first-order valence-electron chi connectivity index (χ1n) is 1.27. The second-order valence-electron chi connectivity index (χ2n) is 0.900. The Balaban J connectivity index is 0. The van der Waals surface area contributed by atoms with Gasteiger partial charge in [-0.15, -0.1) is 0 Å². The standard InChI is InChI=1S/CHF3O3S.Ce/c2-1(3,4)8(5,6)7;/h(H,5,6,7);/q;+4/p-1. The molecule has 0 unspecified atom stereocenters. The number of hydrogen-bond acceptors (Lipinski definition) is 3. The van der Waals surface area contributed by atoms with Crippen LogP contribution in [0.5, 0.6) is 0 Å². The van der Waals surface area contributed by atoms with Gasteiger partial charge in [-0.3, -0.25) is 0 Å². The second-order valence-corrected chi connectivity index (χ2v) is 2.27. The fourth-order valence-electron chi connectivity index (χ4n) is 0. The van der Waals surface area contributed by atoms with Crippen LogP contribution >= 0.6 is 0 Å². The maximum atomic E-state index is 10.7. The van der Waals surface area contributed by atoms with E-state index in [2.05, 4.69) is 0 Å². The Hall–Kier alpha value is 1.08. The molecule has 0 fully saturated rings. The zero-order valence-corrected chi connectivity index (χ0v) is 7.72. The smallest absolute Gasteiger partial charge is 0.741 e. The SMILES string of the molecule is O=S(=O)([O-])C(F)(F)F.[Ce+4]. The fourth-order valence-corrected chi connectivity index (χ4v) is 0. The summed E-state index contributed by atoms with van der Waals surface area (Å²) in [6.07, 6.45) is 0. The van der Waals surface area contributed by atoms with Crippen LogP contribution in [0.1, 0.15) is 0 Å². The Bertz CT molecular complexity index is 168. The van der Waals surface area contributed by atoms with Crippen molar-refractivity contribution in [3.05, 3.63) is 0 Å². The van der Waals surface area contributed by atoms with Crippen molar-refractivity contribution in [1.29, 1.82) is 0 Å². The Morgan fingerprint density at radius 2 is 1.33 bits per heavy atom. The zero-order chi connectivity index (χ0) is 7.00. The summed E-state index contributed by atoms with van der Waals surface area (Å²) in [5, 5.41) is 0. The molecule has 0 aromatic rings. The molecule has 0 aromatic carbocycles. The van der Waals surface area contributed by atoms with Crippen LogP contribution in [-0.2, 0) is 10.1 Å². The number of halogens is 3. The van der Waals surface area contributed by atoms with Gasteiger partial charge >= 0.3 is 47.3 Å². The van der Waals surface area contributed by atoms with Gasteiger partial charge in [0.15, 0.2) is 10.1 Å². The summed E-state index contributed by atoms with van der Waals surface area (Å²) in [6.45, 7) is 0. The molecule has 0 bridgehead atoms. The van der Waals surface area contributed by atoms with Gasteiger partial charge in [0.05, 0.1) is 0 Å². The molecule has 0 radical (unpaired) electrons. The van der Waals surface area contributed by atoms with E-state index in [1.54, 1.807) is 0 Å². The van der Waals surface area contributed by atoms with E-state index in [1.807, 2.05) is 0 Å². The van der Waals surface area contributed by atoms with Crippen molar-refractivity contribution in [3.63, 3.8) is 0 Å². The largest absolute Gasteiger partial charge is 4.00 e. The van der Waals surface area contributed by atoms with Crippen molar-refractivity contribution >= 4 is 10.1 Å². The third-order valence-electron chi connectivity index (χ3n) is 0.283. The van der Waals surface area contributed by atoms with Crippen LogP contribution in [0.4, 0.5) is 13.2 Å². The van der Waals surface area contributed by atoms with Crippen molar-refractivity contribution in [2.75, 3.05) is 0 Å². The van der Waals surface area contributed by atoms with Crippen LogP contribution in [0.25, 0.3) is 0 Å². The first kappa shape index (κ1) is 12.7. The topological polar surface area (TPSA) is 57.2 Å². The molecule has 0 saturated heterocycles. The molecule has 0 aliphatic heterocycles. The van der Waals surface area contributed by atoms with E-state index in [0.29, 0.717) is 0 Å². The monoisotopic (exact) mass is 289 g/mol. The molecule has 50 valence electrons. The van der Waals surface area contributed by atoms with Crippen LogP contribution in [0.15, 0.2) is 0 Å². The summed E-state index contributed by atoms with van der Waals surface area (Å²) < 4.78 is 58.9. The van der Waals surface area contributed by atoms with E-state index in [4.69, 9.17) is 13.0 Å². The molecule has 0 amide bonds. The normalized spacial score (nSPS) is 12.4. The molecular formula is CCeF3O3S+3. The minimum Gasteiger partial charge on any atom is -0.741 e. The molecule has 8 heteroatoms. The van der Waals surface area contributed by atoms with Crippen LogP contribution in [0.2, 0.25) is 0 Å². The zero-order valence-electron chi connectivity index (χ0n) is 3.77. The van der Waals surface area contributed by atoms with Crippen molar-refractivity contribution in [3.8, 4) is 0 Å². The van der Waals surface area contributed by atoms with E-state index in [9.17, 15) is 13.2 Å². The molecule has 0 aliphatic carbocycles. The van der Waals surface area contributed by atoms with Gasteiger partial charge in [0, 0.05) is 0 Å². The van der Waals surface area contributed by atoms with Crippen LogP contribution in [0.3, 0.4) is 0 Å². The van der Waals surface area contributed by atoms with Crippen molar-refractivity contribution < 1.29 is 67.9 Å². The van der Waals surface area contributed by atoms with E-state index < -0.39 is 15.6 Å². The van der Waals surface area contributed by atoms with E-state index >= 15 is 0 Å². The van der Waals surface area contributed by atoms with Crippen LogP contribution in [-0.4, -0.2) is 18.5 Å². The molecular weight excluding hydrogens is 289 g/mol. The summed E-state index contributed by atoms with van der Waals surface area (Å²) in [7, 11) is -6.09. The second kappa shape index (κ2) is 3.46. The summed E-state index contributed by atoms with van der Waals surface area (Å²) in [5.41, 5.74) is -5.65. The summed E-state index contributed by atoms with van der Waals surface area (Å²) in [5.74, 6) is 0. The number of rotatable bonds is 0. The Kier molecular flexibility index (Phi) is 4.90. The quantitative estimate of drug-likeness (QED) is 0.468. The minimum absolute atomic E-state index is 0. The average Bonchev–Trinajstić information content (AvgIpc) is 1.25. The molecule has 0 aliphatic rings. The molecule has 0 heterocycles. The summed E-state index contributed by atoms with van der Waals surface area (Å²) in [6, 6.07) is 0. The maximum absolute atomic E-state index is 10.7. The van der Waals surface area contributed by atoms with Gasteiger partial charge in [-0.25, -0.2) is 8.42 Å². The van der Waals surface area contributed by atoms with Crippen LogP contribution in [0, 0.1) is 41.7 Å². The maximum Gasteiger partial charge on any atom is 4.00 e. The van der Waals surface area contributed by atoms with E-state index in [-0.39, 0.29) is 41.7 Å². The van der Waals surface area contributed by atoms with Gasteiger partial charge in [-0.05, 0) is 0 Å². The van der Waals surface area contributed by atoms with Gasteiger partial charge < -0.3 is 4.55 Å². The van der Waals surface area contributed by atoms with E-state index in [1.165, 1.54) is 0 Å². The molecule has 0 atom stereocenters. The Morgan fingerprint density at radius 3 is 1.33 bits per heavy atom. The first-order chi connectivity index (χ1) is 3.25. The minimum atomic E-state index is -6.09. The first-order valence-corrected chi connectivity index (χ1v) is 2.68. The van der Waals surface area contributed by atoms with Gasteiger partial charge in [0.2, 0.25) is 0 Å². The Labute approximate surface area is 82.7 Å². The molecule has 3 nitrogen and oxygen atoms in total.